The number of carbonyl (C=O) groups is 1. The Kier molecular flexibility index (Phi) is 5.08. The maximum absolute atomic E-state index is 13.0. The van der Waals surface area contributed by atoms with Crippen molar-refractivity contribution in [2.45, 2.75) is 49.9 Å². The normalized spacial score (nSPS) is 26.6. The van der Waals surface area contributed by atoms with Crippen LogP contribution in [0.25, 0.3) is 10.8 Å². The van der Waals surface area contributed by atoms with Gasteiger partial charge in [0.25, 0.3) is 0 Å². The molecule has 2 heterocycles. The van der Waals surface area contributed by atoms with Gasteiger partial charge >= 0.3 is 6.09 Å². The maximum Gasteiger partial charge on any atom is 0.417 e. The highest BCUT2D eigenvalue weighted by Gasteiger charge is 2.53. The monoisotopic (exact) mass is 482 g/mol. The topological polar surface area (TPSA) is 71.0 Å². The molecule has 6 nitrogen and oxygen atoms in total. The number of hydrogen-bond acceptors (Lipinski definition) is 5. The lowest BCUT2D eigenvalue weighted by atomic mass is 9.69. The minimum absolute atomic E-state index is 0.169. The summed E-state index contributed by atoms with van der Waals surface area (Å²) in [4.78, 5) is 15.6. The van der Waals surface area contributed by atoms with Crippen molar-refractivity contribution in [1.82, 2.24) is 4.90 Å². The molecule has 3 aromatic carbocycles. The second-order valence-electron chi connectivity index (χ2n) is 10.7. The highest BCUT2D eigenvalue weighted by atomic mass is 16.6. The highest BCUT2D eigenvalue weighted by molar-refractivity contribution is 6.00. The van der Waals surface area contributed by atoms with E-state index in [1.807, 2.05) is 54.6 Å². The van der Waals surface area contributed by atoms with Gasteiger partial charge in [-0.15, -0.1) is 0 Å². The molecule has 2 aliphatic carbocycles. The number of aliphatic hydroxyl groups is 1. The molecule has 2 N–H and O–H groups in total. The van der Waals surface area contributed by atoms with Gasteiger partial charge in [0, 0.05) is 30.5 Å². The van der Waals surface area contributed by atoms with Gasteiger partial charge in [0.15, 0.2) is 11.5 Å². The summed E-state index contributed by atoms with van der Waals surface area (Å²) in [5, 5.41) is 15.3. The molecule has 6 heteroatoms. The Balaban J connectivity index is 1.22. The van der Waals surface area contributed by atoms with Crippen molar-refractivity contribution in [3.8, 4) is 11.5 Å². The Bertz CT molecular complexity index is 1380. The third-order valence-corrected chi connectivity index (χ3v) is 8.26. The Morgan fingerprint density at radius 3 is 2.89 bits per heavy atom. The Morgan fingerprint density at radius 2 is 2.00 bits per heavy atom. The number of carbonyl (C=O) groups excluding carboxylic acids is 1. The molecule has 0 bridgehead atoms. The second kappa shape index (κ2) is 8.36. The molecule has 1 spiro atoms. The summed E-state index contributed by atoms with van der Waals surface area (Å²) < 4.78 is 12.4. The van der Waals surface area contributed by atoms with Crippen LogP contribution < -0.4 is 14.8 Å². The summed E-state index contributed by atoms with van der Waals surface area (Å²) in [6.07, 6.45) is 6.95. The van der Waals surface area contributed by atoms with E-state index in [-0.39, 0.29) is 11.5 Å². The SMILES string of the molecule is O=C(Nc1cccc2ccccc12)Oc1ccc2c3c1O[C@H]1C[C@@H](O)C=C[C@@]31CCN(CC1CC1)C2. The summed E-state index contributed by atoms with van der Waals surface area (Å²) >= 11 is 0. The minimum Gasteiger partial charge on any atom is -0.485 e. The van der Waals surface area contributed by atoms with Gasteiger partial charge in [0.05, 0.1) is 17.2 Å². The molecule has 1 fully saturated rings. The fourth-order valence-corrected chi connectivity index (χ4v) is 6.31. The van der Waals surface area contributed by atoms with E-state index in [1.165, 1.54) is 18.4 Å². The Morgan fingerprint density at radius 1 is 1.14 bits per heavy atom. The van der Waals surface area contributed by atoms with Crippen LogP contribution in [0.1, 0.15) is 36.8 Å². The summed E-state index contributed by atoms with van der Waals surface area (Å²) in [5.74, 6) is 1.90. The fourth-order valence-electron chi connectivity index (χ4n) is 6.31. The van der Waals surface area contributed by atoms with E-state index in [2.05, 4.69) is 22.4 Å². The summed E-state index contributed by atoms with van der Waals surface area (Å²) in [6, 6.07) is 17.7. The first kappa shape index (κ1) is 21.9. The lowest BCUT2D eigenvalue weighted by Gasteiger charge is -2.35. The van der Waals surface area contributed by atoms with Crippen LogP contribution in [-0.4, -0.2) is 41.4 Å². The van der Waals surface area contributed by atoms with Gasteiger partial charge < -0.3 is 14.6 Å². The lowest BCUT2D eigenvalue weighted by molar-refractivity contribution is 0.0808. The zero-order valence-corrected chi connectivity index (χ0v) is 20.2. The van der Waals surface area contributed by atoms with E-state index in [1.54, 1.807) is 0 Å². The van der Waals surface area contributed by atoms with Crippen LogP contribution in [0, 0.1) is 5.92 Å². The molecule has 184 valence electrons. The van der Waals surface area contributed by atoms with Crippen LogP contribution in [0.15, 0.2) is 66.7 Å². The van der Waals surface area contributed by atoms with E-state index < -0.39 is 12.2 Å². The molecule has 3 atom stereocenters. The average Bonchev–Trinajstić information content (AvgIpc) is 3.65. The number of hydrogen-bond donors (Lipinski definition) is 2. The number of rotatable bonds is 4. The van der Waals surface area contributed by atoms with Crippen LogP contribution in [-0.2, 0) is 12.0 Å². The van der Waals surface area contributed by atoms with Crippen LogP contribution in [0.2, 0.25) is 0 Å². The van der Waals surface area contributed by atoms with Crippen LogP contribution >= 0.6 is 0 Å². The number of nitrogens with zero attached hydrogens (tertiary/aromatic N) is 1. The molecule has 0 unspecified atom stereocenters. The van der Waals surface area contributed by atoms with Crippen LogP contribution in [0.5, 0.6) is 11.5 Å². The smallest absolute Gasteiger partial charge is 0.417 e. The largest absolute Gasteiger partial charge is 0.485 e. The molecule has 2 aliphatic heterocycles. The average molecular weight is 483 g/mol. The highest BCUT2D eigenvalue weighted by Crippen LogP contribution is 2.56. The second-order valence-corrected chi connectivity index (χ2v) is 10.7. The number of aliphatic hydroxyl groups excluding tert-OH is 1. The van der Waals surface area contributed by atoms with Crippen molar-refractivity contribution in [2.75, 3.05) is 18.4 Å². The molecule has 1 saturated carbocycles. The first-order valence-corrected chi connectivity index (χ1v) is 13.0. The van der Waals surface area contributed by atoms with Crippen molar-refractivity contribution in [2.24, 2.45) is 5.92 Å². The first-order chi connectivity index (χ1) is 17.6. The van der Waals surface area contributed by atoms with Crippen molar-refractivity contribution in [3.05, 3.63) is 77.9 Å². The quantitative estimate of drug-likeness (QED) is 0.488. The van der Waals surface area contributed by atoms with Crippen molar-refractivity contribution in [1.29, 1.82) is 0 Å². The molecule has 36 heavy (non-hydrogen) atoms. The predicted molar refractivity (Wildman–Crippen MR) is 139 cm³/mol. The molecule has 0 radical (unpaired) electrons. The first-order valence-electron chi connectivity index (χ1n) is 13.0. The maximum atomic E-state index is 13.0. The van der Waals surface area contributed by atoms with Crippen molar-refractivity contribution in [3.63, 3.8) is 0 Å². The van der Waals surface area contributed by atoms with Gasteiger partial charge in [0.1, 0.15) is 6.10 Å². The summed E-state index contributed by atoms with van der Waals surface area (Å²) in [7, 11) is 0. The third-order valence-electron chi connectivity index (χ3n) is 8.26. The fraction of sp³-hybridized carbons (Fsp3) is 0.367. The molecule has 7 rings (SSSR count). The zero-order chi connectivity index (χ0) is 24.3. The summed E-state index contributed by atoms with van der Waals surface area (Å²) in [5.41, 5.74) is 2.77. The zero-order valence-electron chi connectivity index (χ0n) is 20.2. The predicted octanol–water partition coefficient (Wildman–Crippen LogP) is 5.39. The lowest BCUT2D eigenvalue weighted by Crippen LogP contribution is -2.43. The van der Waals surface area contributed by atoms with Gasteiger partial charge in [-0.2, -0.15) is 0 Å². The molecular formula is C30H30N2O4. The Labute approximate surface area is 210 Å². The number of nitrogens with one attached hydrogen (secondary N) is 1. The molecule has 4 aliphatic rings. The van der Waals surface area contributed by atoms with E-state index in [4.69, 9.17) is 9.47 Å². The standard InChI is InChI=1S/C30H30N2O4/c33-22-12-13-30-14-15-32(17-19-8-9-19)18-21-10-11-25(28(27(21)30)36-26(30)16-22)35-29(34)31-24-7-3-5-20-4-1-2-6-23(20)24/h1-7,10-13,19,22,26,33H,8-9,14-18H2,(H,31,34)/t22-,26-,30-/m0/s1. The molecular weight excluding hydrogens is 452 g/mol. The van der Waals surface area contributed by atoms with E-state index in [0.717, 1.165) is 48.3 Å². The molecule has 1 amide bonds. The van der Waals surface area contributed by atoms with Gasteiger partial charge in [0.2, 0.25) is 0 Å². The minimum atomic E-state index is -0.547. The molecule has 0 aromatic heterocycles. The van der Waals surface area contributed by atoms with E-state index in [0.29, 0.717) is 23.6 Å². The third kappa shape index (κ3) is 3.67. The Hall–Kier alpha value is -3.35. The molecule has 0 saturated heterocycles. The number of amides is 1. The van der Waals surface area contributed by atoms with Crippen LogP contribution in [0.4, 0.5) is 10.5 Å². The van der Waals surface area contributed by atoms with Gasteiger partial charge in [-0.1, -0.05) is 54.6 Å². The van der Waals surface area contributed by atoms with Crippen LogP contribution in [0.3, 0.4) is 0 Å². The van der Waals surface area contributed by atoms with E-state index in [9.17, 15) is 9.90 Å². The van der Waals surface area contributed by atoms with Gasteiger partial charge in [-0.3, -0.25) is 10.2 Å². The summed E-state index contributed by atoms with van der Waals surface area (Å²) in [6.45, 7) is 2.99. The number of fused-ring (bicyclic) bond motifs is 1. The number of ether oxygens (including phenoxy) is 2. The van der Waals surface area contributed by atoms with E-state index >= 15 is 0 Å². The van der Waals surface area contributed by atoms with Crippen molar-refractivity contribution >= 4 is 22.6 Å². The molecule has 3 aromatic rings. The number of anilines is 1. The van der Waals surface area contributed by atoms with Crippen molar-refractivity contribution < 1.29 is 19.4 Å². The van der Waals surface area contributed by atoms with Gasteiger partial charge in [-0.25, -0.2) is 4.79 Å². The van der Waals surface area contributed by atoms with Gasteiger partial charge in [-0.05, 0) is 54.8 Å². The number of benzene rings is 3.